The molecular weight excluding hydrogens is 442 g/mol. The van der Waals surface area contributed by atoms with Gasteiger partial charge in [0.05, 0.1) is 0 Å². The van der Waals surface area contributed by atoms with Crippen LogP contribution in [0.4, 0.5) is 0 Å². The lowest BCUT2D eigenvalue weighted by atomic mass is 10.1. The third kappa shape index (κ3) is 18.7. The molecule has 1 aromatic carbocycles. The molecule has 0 heterocycles. The first-order chi connectivity index (χ1) is 15.2. The lowest BCUT2D eigenvalue weighted by Crippen LogP contribution is -2.32. The van der Waals surface area contributed by atoms with Gasteiger partial charge >= 0.3 is 17.9 Å². The van der Waals surface area contributed by atoms with Gasteiger partial charge in [0.25, 0.3) is 0 Å². The summed E-state index contributed by atoms with van der Waals surface area (Å²) in [5.41, 5.74) is 25.7. The lowest BCUT2D eigenvalue weighted by Gasteiger charge is -2.05. The predicted molar refractivity (Wildman–Crippen MR) is 116 cm³/mol. The Morgan fingerprint density at radius 3 is 1.27 bits per heavy atom. The van der Waals surface area contributed by atoms with E-state index in [4.69, 9.17) is 49.1 Å². The van der Waals surface area contributed by atoms with Crippen molar-refractivity contribution < 1.29 is 44.4 Å². The number of rotatable bonds is 11. The second-order valence-corrected chi connectivity index (χ2v) is 6.71. The number of carboxylic acid groups (broad SMARTS) is 3. The van der Waals surface area contributed by atoms with Crippen molar-refractivity contribution >= 4 is 29.7 Å². The van der Waals surface area contributed by atoms with E-state index in [1.165, 1.54) is 12.1 Å². The molecule has 3 atom stereocenters. The molecule has 1 rings (SSSR count). The molecule has 3 unspecified atom stereocenters. The van der Waals surface area contributed by atoms with E-state index in [2.05, 4.69) is 0 Å². The van der Waals surface area contributed by atoms with Crippen LogP contribution in [0.3, 0.4) is 0 Å². The van der Waals surface area contributed by atoms with Crippen LogP contribution in [0.5, 0.6) is 5.75 Å². The van der Waals surface area contributed by atoms with Crippen LogP contribution in [-0.4, -0.2) is 68.3 Å². The number of carbonyl (C=O) groups is 5. The van der Waals surface area contributed by atoms with Gasteiger partial charge in [0, 0.05) is 12.8 Å². The number of primary amides is 2. The summed E-state index contributed by atoms with van der Waals surface area (Å²) in [5, 5.41) is 33.9. The number of carbonyl (C=O) groups excluding carboxylic acids is 2. The molecule has 0 aliphatic carbocycles. The molecule has 14 nitrogen and oxygen atoms in total. The first kappa shape index (κ1) is 31.4. The molecule has 0 bridgehead atoms. The van der Waals surface area contributed by atoms with Crippen LogP contribution >= 0.6 is 0 Å². The summed E-state index contributed by atoms with van der Waals surface area (Å²) >= 11 is 0. The van der Waals surface area contributed by atoms with Crippen molar-refractivity contribution in [3.8, 4) is 5.75 Å². The van der Waals surface area contributed by atoms with Gasteiger partial charge in [0.2, 0.25) is 11.8 Å². The maximum absolute atomic E-state index is 10.4. The fraction of sp³-hybridized carbons (Fsp3) is 0.421. The molecule has 33 heavy (non-hydrogen) atoms. The normalized spacial score (nSPS) is 12.5. The van der Waals surface area contributed by atoms with Crippen LogP contribution < -0.4 is 28.7 Å². The van der Waals surface area contributed by atoms with Crippen LogP contribution in [0.2, 0.25) is 0 Å². The molecule has 0 saturated heterocycles. The minimum atomic E-state index is -1.11. The zero-order valence-corrected chi connectivity index (χ0v) is 17.8. The van der Waals surface area contributed by atoms with E-state index in [-0.39, 0.29) is 37.9 Å². The Morgan fingerprint density at radius 1 is 0.667 bits per heavy atom. The number of phenols is 1. The number of nitrogens with two attached hydrogens (primary N) is 5. The van der Waals surface area contributed by atoms with Crippen molar-refractivity contribution in [2.24, 2.45) is 28.7 Å². The highest BCUT2D eigenvalue weighted by molar-refractivity contribution is 5.77. The van der Waals surface area contributed by atoms with Crippen molar-refractivity contribution in [1.29, 1.82) is 0 Å². The van der Waals surface area contributed by atoms with Gasteiger partial charge in [-0.3, -0.25) is 24.0 Å². The highest BCUT2D eigenvalue weighted by Crippen LogP contribution is 2.10. The number of hydrogen-bond acceptors (Lipinski definition) is 9. The number of hydrogen-bond donors (Lipinski definition) is 9. The summed E-state index contributed by atoms with van der Waals surface area (Å²) in [4.78, 5) is 50.7. The summed E-state index contributed by atoms with van der Waals surface area (Å²) in [5.74, 6) is -4.14. The minimum Gasteiger partial charge on any atom is -0.508 e. The highest BCUT2D eigenvalue weighted by Gasteiger charge is 2.12. The van der Waals surface area contributed by atoms with Crippen molar-refractivity contribution in [2.45, 2.75) is 50.2 Å². The number of aromatic hydroxyl groups is 1. The van der Waals surface area contributed by atoms with Crippen molar-refractivity contribution in [3.05, 3.63) is 29.8 Å². The van der Waals surface area contributed by atoms with Crippen LogP contribution in [0.25, 0.3) is 0 Å². The number of phenolic OH excluding ortho intramolecular Hbond substituents is 1. The number of carboxylic acids is 3. The Bertz CT molecular complexity index is 752. The molecule has 0 fully saturated rings. The van der Waals surface area contributed by atoms with E-state index in [0.717, 1.165) is 5.56 Å². The zero-order chi connectivity index (χ0) is 26.1. The van der Waals surface area contributed by atoms with E-state index < -0.39 is 47.8 Å². The first-order valence-corrected chi connectivity index (χ1v) is 9.47. The summed E-state index contributed by atoms with van der Waals surface area (Å²) in [6.07, 6.45) is 0.520. The summed E-state index contributed by atoms with van der Waals surface area (Å²) in [7, 11) is 0. The third-order valence-electron chi connectivity index (χ3n) is 3.75. The molecule has 0 aliphatic rings. The second-order valence-electron chi connectivity index (χ2n) is 6.71. The van der Waals surface area contributed by atoms with Crippen LogP contribution in [0.1, 0.15) is 31.2 Å². The summed E-state index contributed by atoms with van der Waals surface area (Å²) in [6, 6.07) is 3.47. The smallest absolute Gasteiger partial charge is 0.320 e. The van der Waals surface area contributed by atoms with Gasteiger partial charge in [0.15, 0.2) is 0 Å². The summed E-state index contributed by atoms with van der Waals surface area (Å²) in [6.45, 7) is 0. The second kappa shape index (κ2) is 16.9. The van der Waals surface area contributed by atoms with E-state index in [1.807, 2.05) is 0 Å². The van der Waals surface area contributed by atoms with Crippen molar-refractivity contribution in [3.63, 3.8) is 0 Å². The van der Waals surface area contributed by atoms with E-state index in [9.17, 15) is 24.0 Å². The predicted octanol–water partition coefficient (Wildman–Crippen LogP) is -2.33. The number of benzene rings is 1. The fourth-order valence-corrected chi connectivity index (χ4v) is 1.82. The minimum absolute atomic E-state index is 0.0213. The maximum Gasteiger partial charge on any atom is 0.320 e. The maximum atomic E-state index is 10.4. The topological polar surface area (TPSA) is 296 Å². The Hall–Kier alpha value is -3.75. The molecule has 0 aliphatic heterocycles. The van der Waals surface area contributed by atoms with Gasteiger partial charge in [0.1, 0.15) is 23.9 Å². The third-order valence-corrected chi connectivity index (χ3v) is 3.75. The van der Waals surface area contributed by atoms with Crippen LogP contribution in [-0.2, 0) is 30.4 Å². The Labute approximate surface area is 189 Å². The van der Waals surface area contributed by atoms with Gasteiger partial charge < -0.3 is 49.1 Å². The van der Waals surface area contributed by atoms with Gasteiger partial charge in [-0.25, -0.2) is 0 Å². The monoisotopic (exact) mass is 473 g/mol. The Kier molecular flexibility index (Phi) is 16.1. The van der Waals surface area contributed by atoms with Crippen molar-refractivity contribution in [1.82, 2.24) is 0 Å². The van der Waals surface area contributed by atoms with Crippen LogP contribution in [0, 0.1) is 0 Å². The molecule has 1 aromatic rings. The first-order valence-electron chi connectivity index (χ1n) is 9.47. The molecule has 14 N–H and O–H groups in total. The molecule has 2 amide bonds. The molecule has 14 heteroatoms. The van der Waals surface area contributed by atoms with Gasteiger partial charge in [-0.2, -0.15) is 0 Å². The number of amides is 2. The van der Waals surface area contributed by atoms with E-state index >= 15 is 0 Å². The quantitative estimate of drug-likeness (QED) is 0.163. The average molecular weight is 473 g/mol. The molecule has 0 spiro atoms. The zero-order valence-electron chi connectivity index (χ0n) is 17.8. The fourth-order valence-electron chi connectivity index (χ4n) is 1.82. The lowest BCUT2D eigenvalue weighted by molar-refractivity contribution is -0.139. The van der Waals surface area contributed by atoms with Crippen molar-refractivity contribution in [2.75, 3.05) is 0 Å². The molecule has 0 aromatic heterocycles. The number of aliphatic carboxylic acids is 3. The van der Waals surface area contributed by atoms with Gasteiger partial charge in [-0.05, 0) is 37.0 Å². The molecule has 0 saturated carbocycles. The van der Waals surface area contributed by atoms with E-state index in [0.29, 0.717) is 0 Å². The largest absolute Gasteiger partial charge is 0.508 e. The SMILES string of the molecule is NC(=O)CCC(N)C(=O)O.NC(=O)CCC(N)C(=O)O.NC(Cc1ccc(O)cc1)C(=O)O. The summed E-state index contributed by atoms with van der Waals surface area (Å²) < 4.78 is 0. The average Bonchev–Trinajstić information content (AvgIpc) is 2.72. The van der Waals surface area contributed by atoms with Gasteiger partial charge in [-0.15, -0.1) is 0 Å². The Balaban J connectivity index is 0. The van der Waals surface area contributed by atoms with Gasteiger partial charge in [-0.1, -0.05) is 12.1 Å². The molecule has 0 radical (unpaired) electrons. The van der Waals surface area contributed by atoms with E-state index in [1.54, 1.807) is 12.1 Å². The Morgan fingerprint density at radius 2 is 1.00 bits per heavy atom. The highest BCUT2D eigenvalue weighted by atomic mass is 16.4. The van der Waals surface area contributed by atoms with Crippen LogP contribution in [0.15, 0.2) is 24.3 Å². The molecular formula is C19H31N5O9. The standard InChI is InChI=1S/C9H11NO3.2C5H10N2O3/c10-8(9(12)13)5-6-1-3-7(11)4-2-6;2*6-3(5(9)10)1-2-4(7)8/h1-4,8,11H,5,10H2,(H,12,13);2*3H,1-2,6H2,(H2,7,8)(H,9,10). The molecule has 186 valence electrons.